The van der Waals surface area contributed by atoms with E-state index in [0.29, 0.717) is 12.1 Å². The van der Waals surface area contributed by atoms with Gasteiger partial charge in [0, 0.05) is 28.0 Å². The highest BCUT2D eigenvalue weighted by Gasteiger charge is 2.14. The van der Waals surface area contributed by atoms with E-state index >= 15 is 0 Å². The fourth-order valence-electron chi connectivity index (χ4n) is 2.71. The van der Waals surface area contributed by atoms with Gasteiger partial charge in [0.15, 0.2) is 0 Å². The average Bonchev–Trinajstić information content (AvgIpc) is 3.05. The Labute approximate surface area is 163 Å². The zero-order valence-electron chi connectivity index (χ0n) is 15.8. The molecule has 1 aromatic heterocycles. The number of fused-ring (bicyclic) bond motifs is 1. The number of rotatable bonds is 7. The molecule has 0 radical (unpaired) electrons. The summed E-state index contributed by atoms with van der Waals surface area (Å²) in [6.45, 7) is 7.73. The molecule has 2 aromatic carbocycles. The number of ether oxygens (including phenoxy) is 1. The maximum atomic E-state index is 11.6. The van der Waals surface area contributed by atoms with Gasteiger partial charge in [0.2, 0.25) is 0 Å². The number of esters is 1. The number of carbonyl (C=O) groups excluding carboxylic acids is 1. The summed E-state index contributed by atoms with van der Waals surface area (Å²) in [4.78, 5) is 12.7. The number of nitrogens with zero attached hydrogens (tertiary/aromatic N) is 1. The lowest BCUT2D eigenvalue weighted by Crippen LogP contribution is -2.26. The van der Waals surface area contributed by atoms with Gasteiger partial charge in [0.05, 0.1) is 0 Å². The molecule has 0 spiro atoms. The Morgan fingerprint density at radius 3 is 2.67 bits per heavy atom. The molecule has 27 heavy (non-hydrogen) atoms. The summed E-state index contributed by atoms with van der Waals surface area (Å²) < 4.78 is 13.4. The summed E-state index contributed by atoms with van der Waals surface area (Å²) in [6, 6.07) is 18.3. The number of carbonyl (C=O) groups is 1. The summed E-state index contributed by atoms with van der Waals surface area (Å²) in [5.74, 6) is 0.507. The van der Waals surface area contributed by atoms with Crippen LogP contribution in [0.2, 0.25) is 0 Å². The first-order chi connectivity index (χ1) is 12.9. The van der Waals surface area contributed by atoms with Crippen molar-refractivity contribution in [3.8, 4) is 11.3 Å². The van der Waals surface area contributed by atoms with E-state index in [1.165, 1.54) is 0 Å². The molecule has 1 atom stereocenters. The molecular weight excluding hydrogens is 358 g/mol. The summed E-state index contributed by atoms with van der Waals surface area (Å²) in [6.07, 6.45) is -0.219. The van der Waals surface area contributed by atoms with Crippen LogP contribution in [0, 0.1) is 0 Å². The Morgan fingerprint density at radius 1 is 1.22 bits per heavy atom. The second kappa shape index (κ2) is 8.46. The van der Waals surface area contributed by atoms with Crippen LogP contribution in [0.25, 0.3) is 22.3 Å². The highest BCUT2D eigenvalue weighted by Crippen LogP contribution is 2.31. The quantitative estimate of drug-likeness (QED) is 0.305. The normalized spacial score (nSPS) is 12.3. The molecule has 3 rings (SSSR count). The molecule has 0 aliphatic carbocycles. The van der Waals surface area contributed by atoms with Crippen molar-refractivity contribution in [1.82, 2.24) is 4.31 Å². The van der Waals surface area contributed by atoms with Gasteiger partial charge in [-0.05, 0) is 57.1 Å². The zero-order chi connectivity index (χ0) is 19.4. The largest absolute Gasteiger partial charge is 0.458 e. The van der Waals surface area contributed by atoms with E-state index in [0.717, 1.165) is 27.2 Å². The monoisotopic (exact) mass is 381 g/mol. The molecule has 1 heterocycles. The van der Waals surface area contributed by atoms with Crippen molar-refractivity contribution in [2.24, 2.45) is 0 Å². The molecule has 0 aliphatic rings. The van der Waals surface area contributed by atoms with Gasteiger partial charge in [0.1, 0.15) is 17.4 Å². The van der Waals surface area contributed by atoms with Crippen LogP contribution in [0.4, 0.5) is 0 Å². The predicted molar refractivity (Wildman–Crippen MR) is 111 cm³/mol. The van der Waals surface area contributed by atoms with Crippen molar-refractivity contribution in [3.63, 3.8) is 0 Å². The third-order valence-corrected chi connectivity index (χ3v) is 4.91. The number of furan rings is 1. The molecule has 0 N–H and O–H groups in total. The Bertz CT molecular complexity index is 949. The van der Waals surface area contributed by atoms with Crippen LogP contribution in [0.15, 0.2) is 76.1 Å². The van der Waals surface area contributed by atoms with Crippen LogP contribution in [-0.4, -0.2) is 30.0 Å². The van der Waals surface area contributed by atoms with E-state index in [1.54, 1.807) is 18.9 Å². The van der Waals surface area contributed by atoms with Gasteiger partial charge in [-0.25, -0.2) is 9.10 Å². The summed E-state index contributed by atoms with van der Waals surface area (Å²) >= 11 is 1.59. The van der Waals surface area contributed by atoms with Crippen molar-refractivity contribution in [1.29, 1.82) is 0 Å². The Morgan fingerprint density at radius 2 is 1.96 bits per heavy atom. The van der Waals surface area contributed by atoms with Crippen LogP contribution in [0.5, 0.6) is 0 Å². The summed E-state index contributed by atoms with van der Waals surface area (Å²) in [5, 5.41) is 1.07. The molecule has 0 saturated carbocycles. The van der Waals surface area contributed by atoms with Gasteiger partial charge >= 0.3 is 5.97 Å². The topological polar surface area (TPSA) is 42.7 Å². The lowest BCUT2D eigenvalue weighted by atomic mass is 10.1. The summed E-state index contributed by atoms with van der Waals surface area (Å²) in [5.41, 5.74) is 2.33. The van der Waals surface area contributed by atoms with Crippen molar-refractivity contribution < 1.29 is 13.9 Å². The van der Waals surface area contributed by atoms with Crippen LogP contribution < -0.4 is 0 Å². The van der Waals surface area contributed by atoms with Crippen molar-refractivity contribution in [3.05, 3.63) is 66.7 Å². The zero-order valence-corrected chi connectivity index (χ0v) is 16.6. The Hall–Kier alpha value is -2.50. The van der Waals surface area contributed by atoms with Gasteiger partial charge < -0.3 is 9.15 Å². The third kappa shape index (κ3) is 5.02. The van der Waals surface area contributed by atoms with Crippen molar-refractivity contribution in [2.75, 3.05) is 13.6 Å². The molecule has 4 nitrogen and oxygen atoms in total. The fourth-order valence-corrected chi connectivity index (χ4v) is 3.65. The average molecular weight is 381 g/mol. The standard InChI is InChI=1S/C22H23NO3S/c1-15(2)22(24)25-16(3)14-23(4)27-19-11-10-18-12-20(26-21(18)13-19)17-8-6-5-7-9-17/h5-13,16H,1,14H2,2-4H3. The van der Waals surface area contributed by atoms with Gasteiger partial charge in [-0.2, -0.15) is 0 Å². The van der Waals surface area contributed by atoms with Crippen LogP contribution in [0.1, 0.15) is 13.8 Å². The molecule has 0 fully saturated rings. The predicted octanol–water partition coefficient (Wildman–Crippen LogP) is 5.55. The van der Waals surface area contributed by atoms with E-state index in [2.05, 4.69) is 24.8 Å². The minimum Gasteiger partial charge on any atom is -0.458 e. The Balaban J connectivity index is 1.66. The SMILES string of the molecule is C=C(C)C(=O)OC(C)CN(C)Sc1ccc2cc(-c3ccccc3)oc2c1. The first-order valence-electron chi connectivity index (χ1n) is 8.77. The van der Waals surface area contributed by atoms with E-state index < -0.39 is 0 Å². The molecule has 0 saturated heterocycles. The maximum absolute atomic E-state index is 11.6. The van der Waals surface area contributed by atoms with Gasteiger partial charge in [-0.3, -0.25) is 0 Å². The molecule has 0 aliphatic heterocycles. The molecule has 1 unspecified atom stereocenters. The third-order valence-electron chi connectivity index (χ3n) is 3.98. The molecule has 5 heteroatoms. The second-order valence-corrected chi connectivity index (χ2v) is 7.85. The first-order valence-corrected chi connectivity index (χ1v) is 9.54. The highest BCUT2D eigenvalue weighted by molar-refractivity contribution is 7.97. The summed E-state index contributed by atoms with van der Waals surface area (Å²) in [7, 11) is 1.97. The number of hydrogen-bond donors (Lipinski definition) is 0. The fraction of sp³-hybridized carbons (Fsp3) is 0.227. The lowest BCUT2D eigenvalue weighted by Gasteiger charge is -2.20. The van der Waals surface area contributed by atoms with Crippen LogP contribution in [0.3, 0.4) is 0 Å². The van der Waals surface area contributed by atoms with Gasteiger partial charge in [0.25, 0.3) is 0 Å². The maximum Gasteiger partial charge on any atom is 0.333 e. The second-order valence-electron chi connectivity index (χ2n) is 6.57. The Kier molecular flexibility index (Phi) is 6.04. The molecule has 0 bridgehead atoms. The van der Waals surface area contributed by atoms with Crippen LogP contribution in [-0.2, 0) is 9.53 Å². The number of likely N-dealkylation sites (N-methyl/N-ethyl adjacent to an activating group) is 1. The van der Waals surface area contributed by atoms with E-state index in [4.69, 9.17) is 9.15 Å². The van der Waals surface area contributed by atoms with E-state index in [9.17, 15) is 4.79 Å². The van der Waals surface area contributed by atoms with Crippen LogP contribution >= 0.6 is 11.9 Å². The van der Waals surface area contributed by atoms with Gasteiger partial charge in [-0.1, -0.05) is 36.9 Å². The lowest BCUT2D eigenvalue weighted by molar-refractivity contribution is -0.143. The molecule has 140 valence electrons. The van der Waals surface area contributed by atoms with E-state index in [1.807, 2.05) is 54.7 Å². The van der Waals surface area contributed by atoms with Crippen molar-refractivity contribution in [2.45, 2.75) is 24.8 Å². The van der Waals surface area contributed by atoms with Gasteiger partial charge in [-0.15, -0.1) is 0 Å². The molecule has 3 aromatic rings. The van der Waals surface area contributed by atoms with Crippen molar-refractivity contribution >= 4 is 28.9 Å². The minimum atomic E-state index is -0.355. The smallest absolute Gasteiger partial charge is 0.333 e. The van der Waals surface area contributed by atoms with E-state index in [-0.39, 0.29) is 12.1 Å². The molecule has 0 amide bonds. The number of benzene rings is 2. The highest BCUT2D eigenvalue weighted by atomic mass is 32.2. The number of hydrogen-bond acceptors (Lipinski definition) is 5. The first kappa shape index (κ1) is 19.3. The molecular formula is C22H23NO3S. The minimum absolute atomic E-state index is 0.219.